The van der Waals surface area contributed by atoms with Gasteiger partial charge in [0.15, 0.2) is 0 Å². The quantitative estimate of drug-likeness (QED) is 0.481. The summed E-state index contributed by atoms with van der Waals surface area (Å²) in [6, 6.07) is 6.44. The number of hydrogen-bond donors (Lipinski definition) is 0. The molecule has 2 aromatic rings. The van der Waals surface area contributed by atoms with E-state index in [2.05, 4.69) is 0 Å². The molecule has 1 atom stereocenters. The molecule has 1 aromatic carbocycles. The molecule has 0 aliphatic rings. The van der Waals surface area contributed by atoms with Gasteiger partial charge in [0, 0.05) is 16.0 Å². The van der Waals surface area contributed by atoms with E-state index in [0.29, 0.717) is 16.0 Å². The predicted octanol–water partition coefficient (Wildman–Crippen LogP) is 2.76. The molecule has 0 bridgehead atoms. The third-order valence-electron chi connectivity index (χ3n) is 3.25. The number of carbonyl (C=O) groups is 2. The zero-order valence-electron chi connectivity index (χ0n) is 12.2. The molecule has 116 valence electrons. The topological polar surface area (TPSA) is 73.6 Å². The lowest BCUT2D eigenvalue weighted by Crippen LogP contribution is -2.28. The van der Waals surface area contributed by atoms with Gasteiger partial charge in [-0.25, -0.2) is 4.79 Å². The number of fused-ring (bicyclic) bond motifs is 1. The fourth-order valence-corrected chi connectivity index (χ4v) is 2.32. The molecular formula is C16H15ClO5. The normalized spacial score (nSPS) is 12.1. The van der Waals surface area contributed by atoms with E-state index in [-0.39, 0.29) is 24.4 Å². The molecule has 0 spiro atoms. The number of carbonyl (C=O) groups excluding carboxylic acids is 2. The van der Waals surface area contributed by atoms with Crippen molar-refractivity contribution in [1.29, 1.82) is 0 Å². The van der Waals surface area contributed by atoms with Crippen LogP contribution in [0.25, 0.3) is 11.0 Å². The van der Waals surface area contributed by atoms with Gasteiger partial charge < -0.3 is 9.15 Å². The molecule has 0 aliphatic carbocycles. The molecule has 0 fully saturated rings. The summed E-state index contributed by atoms with van der Waals surface area (Å²) in [5.41, 5.74) is 0.0575. The fraction of sp³-hybridized carbons (Fsp3) is 0.312. The second-order valence-corrected chi connectivity index (χ2v) is 5.30. The van der Waals surface area contributed by atoms with Crippen LogP contribution in [-0.2, 0) is 20.7 Å². The molecule has 0 amide bonds. The van der Waals surface area contributed by atoms with Crippen molar-refractivity contribution in [2.45, 2.75) is 20.3 Å². The Kier molecular flexibility index (Phi) is 4.98. The Morgan fingerprint density at radius 3 is 2.68 bits per heavy atom. The van der Waals surface area contributed by atoms with Gasteiger partial charge in [0.1, 0.15) is 17.3 Å². The van der Waals surface area contributed by atoms with E-state index in [0.717, 1.165) is 0 Å². The summed E-state index contributed by atoms with van der Waals surface area (Å²) < 4.78 is 10.1. The number of ether oxygens (including phenoxy) is 1. The maximum Gasteiger partial charge on any atom is 0.339 e. The summed E-state index contributed by atoms with van der Waals surface area (Å²) in [7, 11) is 0. The third-order valence-corrected chi connectivity index (χ3v) is 3.49. The molecular weight excluding hydrogens is 308 g/mol. The maximum absolute atomic E-state index is 12.0. The lowest BCUT2D eigenvalue weighted by molar-refractivity contribution is -0.151. The highest BCUT2D eigenvalue weighted by molar-refractivity contribution is 6.31. The first-order valence-corrected chi connectivity index (χ1v) is 7.19. The van der Waals surface area contributed by atoms with Crippen LogP contribution in [0.5, 0.6) is 0 Å². The molecule has 1 aromatic heterocycles. The van der Waals surface area contributed by atoms with Crippen molar-refractivity contribution in [2.24, 2.45) is 5.92 Å². The maximum atomic E-state index is 12.0. The van der Waals surface area contributed by atoms with Crippen LogP contribution in [0, 0.1) is 5.92 Å². The Labute approximate surface area is 131 Å². The van der Waals surface area contributed by atoms with Crippen molar-refractivity contribution in [1.82, 2.24) is 0 Å². The van der Waals surface area contributed by atoms with Crippen molar-refractivity contribution >= 4 is 34.3 Å². The van der Waals surface area contributed by atoms with Crippen LogP contribution in [0.15, 0.2) is 33.5 Å². The Morgan fingerprint density at radius 2 is 2.05 bits per heavy atom. The number of hydrogen-bond acceptors (Lipinski definition) is 5. The van der Waals surface area contributed by atoms with Gasteiger partial charge in [0.25, 0.3) is 0 Å². The van der Waals surface area contributed by atoms with E-state index >= 15 is 0 Å². The molecule has 0 radical (unpaired) electrons. The third kappa shape index (κ3) is 3.54. The smallest absolute Gasteiger partial charge is 0.339 e. The average Bonchev–Trinajstić information content (AvgIpc) is 2.45. The van der Waals surface area contributed by atoms with Gasteiger partial charge in [0.2, 0.25) is 0 Å². The number of esters is 1. The molecule has 0 saturated heterocycles. The molecule has 1 unspecified atom stereocenters. The van der Waals surface area contributed by atoms with Crippen LogP contribution in [0.1, 0.15) is 19.4 Å². The minimum atomic E-state index is -1.01. The number of Topliss-reactive ketones (excluding diaryl/α,β-unsaturated/α-hetero) is 1. The minimum Gasteiger partial charge on any atom is -0.465 e. The summed E-state index contributed by atoms with van der Waals surface area (Å²) in [5.74, 6) is -2.01. The van der Waals surface area contributed by atoms with Crippen LogP contribution in [-0.4, -0.2) is 18.4 Å². The van der Waals surface area contributed by atoms with Crippen LogP contribution in [0.2, 0.25) is 5.02 Å². The monoisotopic (exact) mass is 322 g/mol. The van der Waals surface area contributed by atoms with E-state index in [1.165, 1.54) is 6.92 Å². The summed E-state index contributed by atoms with van der Waals surface area (Å²) >= 11 is 5.91. The van der Waals surface area contributed by atoms with E-state index in [1.807, 2.05) is 0 Å². The number of benzene rings is 1. The zero-order chi connectivity index (χ0) is 16.3. The van der Waals surface area contributed by atoms with Crippen molar-refractivity contribution in [3.8, 4) is 0 Å². The molecule has 0 aliphatic heterocycles. The fourth-order valence-electron chi connectivity index (χ4n) is 2.14. The molecule has 5 nitrogen and oxygen atoms in total. The summed E-state index contributed by atoms with van der Waals surface area (Å²) in [6.07, 6.45) is -0.0566. The lowest BCUT2D eigenvalue weighted by Gasteiger charge is -2.12. The van der Waals surface area contributed by atoms with Crippen molar-refractivity contribution in [3.05, 3.63) is 45.3 Å². The number of halogens is 1. The Bertz CT molecular complexity index is 778. The van der Waals surface area contributed by atoms with Gasteiger partial charge in [-0.05, 0) is 44.5 Å². The van der Waals surface area contributed by atoms with Gasteiger partial charge in [-0.3, -0.25) is 9.59 Å². The molecule has 22 heavy (non-hydrogen) atoms. The van der Waals surface area contributed by atoms with Crippen LogP contribution >= 0.6 is 11.6 Å². The highest BCUT2D eigenvalue weighted by atomic mass is 35.5. The van der Waals surface area contributed by atoms with Crippen molar-refractivity contribution in [3.63, 3.8) is 0 Å². The standard InChI is InChI=1S/C16H15ClO5/c1-3-21-16(20)13(9(2)18)8-11-6-10-7-12(17)4-5-14(10)22-15(11)19/h4-7,13H,3,8H2,1-2H3. The minimum absolute atomic E-state index is 0.0566. The van der Waals surface area contributed by atoms with Crippen molar-refractivity contribution in [2.75, 3.05) is 6.61 Å². The largest absolute Gasteiger partial charge is 0.465 e. The Hall–Kier alpha value is -2.14. The van der Waals surface area contributed by atoms with Crippen LogP contribution in [0.4, 0.5) is 0 Å². The molecule has 0 saturated carbocycles. The number of rotatable bonds is 5. The number of ketones is 1. The first kappa shape index (κ1) is 16.2. The molecule has 2 rings (SSSR count). The Morgan fingerprint density at radius 1 is 1.32 bits per heavy atom. The van der Waals surface area contributed by atoms with Gasteiger partial charge >= 0.3 is 11.6 Å². The van der Waals surface area contributed by atoms with Crippen molar-refractivity contribution < 1.29 is 18.7 Å². The SMILES string of the molecule is CCOC(=O)C(Cc1cc2cc(Cl)ccc2oc1=O)C(C)=O. The van der Waals surface area contributed by atoms with Gasteiger partial charge in [-0.2, -0.15) is 0 Å². The highest BCUT2D eigenvalue weighted by Gasteiger charge is 2.26. The van der Waals surface area contributed by atoms with Gasteiger partial charge in [-0.1, -0.05) is 11.6 Å². The summed E-state index contributed by atoms with van der Waals surface area (Å²) in [6.45, 7) is 3.12. The molecule has 1 heterocycles. The first-order chi connectivity index (χ1) is 10.4. The molecule has 6 heteroatoms. The Balaban J connectivity index is 2.40. The first-order valence-electron chi connectivity index (χ1n) is 6.81. The predicted molar refractivity (Wildman–Crippen MR) is 82.0 cm³/mol. The second-order valence-electron chi connectivity index (χ2n) is 4.86. The average molecular weight is 323 g/mol. The van der Waals surface area contributed by atoms with Crippen LogP contribution in [0.3, 0.4) is 0 Å². The van der Waals surface area contributed by atoms with Gasteiger partial charge in [0.05, 0.1) is 6.61 Å². The highest BCUT2D eigenvalue weighted by Crippen LogP contribution is 2.20. The van der Waals surface area contributed by atoms with Crippen LogP contribution < -0.4 is 5.63 Å². The van der Waals surface area contributed by atoms with Gasteiger partial charge in [-0.15, -0.1) is 0 Å². The lowest BCUT2D eigenvalue weighted by atomic mass is 9.96. The second kappa shape index (κ2) is 6.75. The summed E-state index contributed by atoms with van der Waals surface area (Å²) in [4.78, 5) is 35.5. The summed E-state index contributed by atoms with van der Waals surface area (Å²) in [5, 5.41) is 1.13. The zero-order valence-corrected chi connectivity index (χ0v) is 13.0. The molecule has 0 N–H and O–H groups in total. The van der Waals surface area contributed by atoms with E-state index in [1.54, 1.807) is 31.2 Å². The van der Waals surface area contributed by atoms with E-state index in [9.17, 15) is 14.4 Å². The van der Waals surface area contributed by atoms with E-state index in [4.69, 9.17) is 20.8 Å². The van der Waals surface area contributed by atoms with E-state index < -0.39 is 17.5 Å².